The third-order valence-electron chi connectivity index (χ3n) is 5.80. The van der Waals surface area contributed by atoms with Gasteiger partial charge in [0.2, 0.25) is 0 Å². The number of hydrogen-bond acceptors (Lipinski definition) is 5. The Labute approximate surface area is 188 Å². The van der Waals surface area contributed by atoms with E-state index in [1.54, 1.807) is 11.1 Å². The summed E-state index contributed by atoms with van der Waals surface area (Å²) >= 11 is 0. The van der Waals surface area contributed by atoms with Gasteiger partial charge in [-0.05, 0) is 68.5 Å². The first kappa shape index (κ1) is 21.9. The van der Waals surface area contributed by atoms with E-state index in [0.717, 1.165) is 40.4 Å². The fourth-order valence-corrected chi connectivity index (χ4v) is 4.20. The van der Waals surface area contributed by atoms with Gasteiger partial charge in [-0.1, -0.05) is 18.2 Å². The first-order valence-corrected chi connectivity index (χ1v) is 11.0. The number of nitrogens with zero attached hydrogens (tertiary/aromatic N) is 2. The SMILES string of the molecule is CC(C)(C)OC(=O)N1CCC(N=CC(=CN)Cc2ccc3c4c(cccc24)C(=O)N3)CC1. The summed E-state index contributed by atoms with van der Waals surface area (Å²) in [5.41, 5.74) is 9.00. The standard InChI is InChI=1S/C25H30N4O3/c1-25(2,3)32-24(31)29-11-9-18(10-12-29)27-15-16(14-26)13-17-7-8-21-22-19(17)5-4-6-20(22)23(30)28-21/h4-8,14-15,18H,9-13,26H2,1-3H3,(H,28,30). The normalized spacial score (nSPS) is 17.3. The Morgan fingerprint density at radius 1 is 1.25 bits per heavy atom. The minimum atomic E-state index is -0.487. The van der Waals surface area contributed by atoms with Crippen molar-refractivity contribution in [3.8, 4) is 0 Å². The second-order valence-electron chi connectivity index (χ2n) is 9.35. The second kappa shape index (κ2) is 8.65. The lowest BCUT2D eigenvalue weighted by Crippen LogP contribution is -2.42. The van der Waals surface area contributed by atoms with Crippen LogP contribution in [0.1, 0.15) is 49.5 Å². The van der Waals surface area contributed by atoms with E-state index in [4.69, 9.17) is 15.5 Å². The summed E-state index contributed by atoms with van der Waals surface area (Å²) in [6, 6.07) is 9.93. The summed E-state index contributed by atoms with van der Waals surface area (Å²) in [6.45, 7) is 6.89. The van der Waals surface area contributed by atoms with Crippen molar-refractivity contribution in [2.45, 2.75) is 51.7 Å². The minimum absolute atomic E-state index is 0.0587. The number of anilines is 1. The predicted octanol–water partition coefficient (Wildman–Crippen LogP) is 4.26. The van der Waals surface area contributed by atoms with Crippen LogP contribution in [-0.2, 0) is 11.2 Å². The molecule has 32 heavy (non-hydrogen) atoms. The topological polar surface area (TPSA) is 97.0 Å². The maximum Gasteiger partial charge on any atom is 0.410 e. The summed E-state index contributed by atoms with van der Waals surface area (Å²) < 4.78 is 5.45. The van der Waals surface area contributed by atoms with Crippen LogP contribution < -0.4 is 11.1 Å². The lowest BCUT2D eigenvalue weighted by atomic mass is 9.96. The Morgan fingerprint density at radius 3 is 2.69 bits per heavy atom. The number of piperidine rings is 1. The van der Waals surface area contributed by atoms with E-state index in [2.05, 4.69) is 5.32 Å². The molecule has 0 atom stereocenters. The maximum atomic E-state index is 12.2. The summed E-state index contributed by atoms with van der Waals surface area (Å²) in [5, 5.41) is 4.94. The number of rotatable bonds is 4. The van der Waals surface area contributed by atoms with Crippen LogP contribution in [0, 0.1) is 0 Å². The molecule has 7 nitrogen and oxygen atoms in total. The van der Waals surface area contributed by atoms with E-state index in [-0.39, 0.29) is 18.0 Å². The van der Waals surface area contributed by atoms with Gasteiger partial charge >= 0.3 is 6.09 Å². The number of carbonyl (C=O) groups excluding carboxylic acids is 2. The molecule has 2 aromatic carbocycles. The van der Waals surface area contributed by atoms with Gasteiger partial charge in [-0.25, -0.2) is 4.79 Å². The van der Waals surface area contributed by atoms with Gasteiger partial charge in [0.05, 0.1) is 6.04 Å². The third kappa shape index (κ3) is 4.61. The molecular formula is C25H30N4O3. The number of likely N-dealkylation sites (tertiary alicyclic amines) is 1. The van der Waals surface area contributed by atoms with Crippen LogP contribution in [0.2, 0.25) is 0 Å². The molecule has 168 valence electrons. The Bertz CT molecular complexity index is 1110. The Morgan fingerprint density at radius 2 is 2.00 bits per heavy atom. The van der Waals surface area contributed by atoms with Gasteiger partial charge in [0.1, 0.15) is 5.60 Å². The summed E-state index contributed by atoms with van der Waals surface area (Å²) in [4.78, 5) is 30.9. The summed E-state index contributed by atoms with van der Waals surface area (Å²) in [5.74, 6) is -0.0587. The zero-order chi connectivity index (χ0) is 22.9. The minimum Gasteiger partial charge on any atom is -0.444 e. The van der Waals surface area contributed by atoms with Gasteiger partial charge in [0.15, 0.2) is 0 Å². The van der Waals surface area contributed by atoms with Gasteiger partial charge in [-0.2, -0.15) is 0 Å². The molecule has 7 heteroatoms. The Kier molecular flexibility index (Phi) is 5.91. The number of amides is 2. The van der Waals surface area contributed by atoms with Gasteiger partial charge in [0.25, 0.3) is 5.91 Å². The van der Waals surface area contributed by atoms with Crippen LogP contribution in [0.15, 0.2) is 47.1 Å². The smallest absolute Gasteiger partial charge is 0.410 e. The van der Waals surface area contributed by atoms with Crippen molar-refractivity contribution in [3.05, 3.63) is 53.2 Å². The van der Waals surface area contributed by atoms with Crippen molar-refractivity contribution in [2.24, 2.45) is 10.7 Å². The average Bonchev–Trinajstić information content (AvgIpc) is 3.09. The van der Waals surface area contributed by atoms with Gasteiger partial charge in [-0.3, -0.25) is 9.79 Å². The molecular weight excluding hydrogens is 404 g/mol. The number of ether oxygens (including phenoxy) is 1. The number of benzene rings is 2. The first-order valence-electron chi connectivity index (χ1n) is 11.0. The number of nitrogens with two attached hydrogens (primary N) is 1. The van der Waals surface area contributed by atoms with Crippen LogP contribution >= 0.6 is 0 Å². The molecule has 2 heterocycles. The molecule has 1 saturated heterocycles. The molecule has 2 aliphatic rings. The quantitative estimate of drug-likeness (QED) is 0.703. The van der Waals surface area contributed by atoms with Crippen LogP contribution in [0.3, 0.4) is 0 Å². The molecule has 1 fully saturated rings. The van der Waals surface area contributed by atoms with E-state index in [9.17, 15) is 9.59 Å². The molecule has 2 aliphatic heterocycles. The lowest BCUT2D eigenvalue weighted by molar-refractivity contribution is 0.0207. The van der Waals surface area contributed by atoms with Crippen LogP contribution in [0.25, 0.3) is 10.8 Å². The van der Waals surface area contributed by atoms with E-state index >= 15 is 0 Å². The average molecular weight is 435 g/mol. The van der Waals surface area contributed by atoms with Crippen molar-refractivity contribution < 1.29 is 14.3 Å². The van der Waals surface area contributed by atoms with E-state index in [0.29, 0.717) is 25.1 Å². The third-order valence-corrected chi connectivity index (χ3v) is 5.80. The molecule has 0 bridgehead atoms. The summed E-state index contributed by atoms with van der Waals surface area (Å²) in [6.07, 6.45) is 5.39. The van der Waals surface area contributed by atoms with Crippen LogP contribution in [-0.4, -0.2) is 47.8 Å². The van der Waals surface area contributed by atoms with Gasteiger partial charge < -0.3 is 20.7 Å². The molecule has 4 rings (SSSR count). The highest BCUT2D eigenvalue weighted by Gasteiger charge is 2.26. The van der Waals surface area contributed by atoms with Crippen molar-refractivity contribution >= 4 is 34.7 Å². The van der Waals surface area contributed by atoms with E-state index in [1.165, 1.54) is 0 Å². The van der Waals surface area contributed by atoms with Crippen molar-refractivity contribution in [1.29, 1.82) is 0 Å². The molecule has 3 N–H and O–H groups in total. The fraction of sp³-hybridized carbons (Fsp3) is 0.400. The molecule has 0 saturated carbocycles. The molecule has 0 aromatic heterocycles. The Hall–Kier alpha value is -3.35. The van der Waals surface area contributed by atoms with Crippen LogP contribution in [0.4, 0.5) is 10.5 Å². The Balaban J connectivity index is 1.40. The van der Waals surface area contributed by atoms with Crippen molar-refractivity contribution in [2.75, 3.05) is 18.4 Å². The molecule has 0 aliphatic carbocycles. The molecule has 2 amide bonds. The number of nitrogens with one attached hydrogen (secondary N) is 1. The number of hydrogen-bond donors (Lipinski definition) is 2. The van der Waals surface area contributed by atoms with E-state index < -0.39 is 5.60 Å². The largest absolute Gasteiger partial charge is 0.444 e. The zero-order valence-corrected chi connectivity index (χ0v) is 18.9. The predicted molar refractivity (Wildman–Crippen MR) is 127 cm³/mol. The highest BCUT2D eigenvalue weighted by molar-refractivity contribution is 6.24. The maximum absolute atomic E-state index is 12.2. The summed E-state index contributed by atoms with van der Waals surface area (Å²) in [7, 11) is 0. The van der Waals surface area contributed by atoms with Gasteiger partial charge in [0, 0.05) is 42.4 Å². The number of allylic oxidation sites excluding steroid dienone is 1. The van der Waals surface area contributed by atoms with Crippen molar-refractivity contribution in [3.63, 3.8) is 0 Å². The number of aliphatic imine (C=N–C) groups is 1. The van der Waals surface area contributed by atoms with Crippen LogP contribution in [0.5, 0.6) is 0 Å². The monoisotopic (exact) mass is 434 g/mol. The molecule has 0 unspecified atom stereocenters. The fourth-order valence-electron chi connectivity index (χ4n) is 4.20. The zero-order valence-electron chi connectivity index (χ0n) is 18.9. The first-order chi connectivity index (χ1) is 15.2. The van der Waals surface area contributed by atoms with E-state index in [1.807, 2.05) is 57.3 Å². The molecule has 2 aromatic rings. The molecule has 0 spiro atoms. The highest BCUT2D eigenvalue weighted by atomic mass is 16.6. The van der Waals surface area contributed by atoms with Gasteiger partial charge in [-0.15, -0.1) is 0 Å². The molecule has 0 radical (unpaired) electrons. The van der Waals surface area contributed by atoms with Crippen molar-refractivity contribution in [1.82, 2.24) is 4.90 Å². The number of carbonyl (C=O) groups is 2. The lowest BCUT2D eigenvalue weighted by Gasteiger charge is -2.32. The second-order valence-corrected chi connectivity index (χ2v) is 9.35. The highest BCUT2D eigenvalue weighted by Crippen LogP contribution is 2.35.